The second kappa shape index (κ2) is 7.31. The quantitative estimate of drug-likeness (QED) is 0.416. The minimum absolute atomic E-state index is 0.158. The zero-order valence-electron chi connectivity index (χ0n) is 12.7. The first-order chi connectivity index (χ1) is 8.62. The number of carbonyl (C=O) groups excluding carboxylic acids is 1. The van der Waals surface area contributed by atoms with E-state index in [1.807, 2.05) is 13.8 Å². The summed E-state index contributed by atoms with van der Waals surface area (Å²) in [5.74, 6) is -1.77. The number of rotatable bonds is 8. The van der Waals surface area contributed by atoms with Crippen molar-refractivity contribution in [3.8, 4) is 0 Å². The van der Waals surface area contributed by atoms with E-state index in [0.717, 1.165) is 37.8 Å². The van der Waals surface area contributed by atoms with Crippen LogP contribution in [0.4, 0.5) is 0 Å². The van der Waals surface area contributed by atoms with Gasteiger partial charge in [0, 0.05) is 17.6 Å². The molecule has 0 bridgehead atoms. The topological polar surface area (TPSA) is 63.6 Å². The fourth-order valence-electron chi connectivity index (χ4n) is 1.68. The van der Waals surface area contributed by atoms with Gasteiger partial charge in [0.25, 0.3) is 0 Å². The molecule has 0 radical (unpaired) electrons. The van der Waals surface area contributed by atoms with Crippen molar-refractivity contribution in [3.05, 3.63) is 12.2 Å². The van der Waals surface area contributed by atoms with Crippen molar-refractivity contribution < 1.29 is 19.4 Å². The molecule has 0 saturated carbocycles. The maximum Gasteiger partial charge on any atom is 0.331 e. The average Bonchev–Trinajstić information content (AvgIpc) is 2.25. The van der Waals surface area contributed by atoms with Gasteiger partial charge in [0.1, 0.15) is 5.60 Å². The third kappa shape index (κ3) is 6.41. The summed E-state index contributed by atoms with van der Waals surface area (Å²) < 4.78 is 5.39. The molecule has 0 aliphatic carbocycles. The van der Waals surface area contributed by atoms with Gasteiger partial charge in [0.15, 0.2) is 0 Å². The summed E-state index contributed by atoms with van der Waals surface area (Å²) in [4.78, 5) is 21.9. The Balaban J connectivity index is 4.58. The van der Waals surface area contributed by atoms with E-state index < -0.39 is 17.5 Å². The van der Waals surface area contributed by atoms with Gasteiger partial charge in [-0.2, -0.15) is 0 Å². The van der Waals surface area contributed by atoms with Crippen molar-refractivity contribution in [1.29, 1.82) is 0 Å². The first-order valence-electron chi connectivity index (χ1n) is 6.76. The second-order valence-electron chi connectivity index (χ2n) is 5.94. The molecule has 0 aliphatic heterocycles. The Morgan fingerprint density at radius 3 is 2.16 bits per heavy atom. The summed E-state index contributed by atoms with van der Waals surface area (Å²) in [6, 6.07) is 0. The van der Waals surface area contributed by atoms with E-state index in [2.05, 4.69) is 20.8 Å². The number of carbonyl (C=O) groups is 2. The smallest absolute Gasteiger partial charge is 0.331 e. The van der Waals surface area contributed by atoms with Crippen LogP contribution in [0.25, 0.3) is 0 Å². The molecular weight excluding hydrogens is 244 g/mol. The maximum atomic E-state index is 11.6. The highest BCUT2D eigenvalue weighted by atomic mass is 16.6. The lowest BCUT2D eigenvalue weighted by Gasteiger charge is -2.40. The fourth-order valence-corrected chi connectivity index (χ4v) is 1.68. The van der Waals surface area contributed by atoms with E-state index in [1.54, 1.807) is 0 Å². The molecule has 0 aromatic rings. The third-order valence-corrected chi connectivity index (χ3v) is 3.75. The van der Waals surface area contributed by atoms with Crippen LogP contribution in [0.2, 0.25) is 0 Å². The monoisotopic (exact) mass is 270 g/mol. The summed E-state index contributed by atoms with van der Waals surface area (Å²) in [7, 11) is 0. The standard InChI is InChI=1S/C15H26O4/c1-6-7-8-11-14(2,3)15(4,5)19-13(18)10-9-12(16)17/h9-10H,6-8,11H2,1-5H3,(H,16,17)/b10-9+. The zero-order chi connectivity index (χ0) is 15.1. The third-order valence-electron chi connectivity index (χ3n) is 3.75. The van der Waals surface area contributed by atoms with Gasteiger partial charge in [0.2, 0.25) is 0 Å². The number of hydrogen-bond donors (Lipinski definition) is 1. The molecule has 0 aromatic carbocycles. The SMILES string of the molecule is CCCCCC(C)(C)C(C)(C)OC(=O)/C=C/C(=O)O. The van der Waals surface area contributed by atoms with E-state index in [4.69, 9.17) is 9.84 Å². The molecular formula is C15H26O4. The number of unbranched alkanes of at least 4 members (excludes halogenated alkanes) is 2. The minimum Gasteiger partial charge on any atom is -0.478 e. The van der Waals surface area contributed by atoms with Crippen LogP contribution in [-0.4, -0.2) is 22.6 Å². The Labute approximate surface area is 115 Å². The van der Waals surface area contributed by atoms with Gasteiger partial charge >= 0.3 is 11.9 Å². The summed E-state index contributed by atoms with van der Waals surface area (Å²) in [6.07, 6.45) is 6.11. The van der Waals surface area contributed by atoms with Gasteiger partial charge < -0.3 is 9.84 Å². The van der Waals surface area contributed by atoms with Crippen molar-refractivity contribution in [2.75, 3.05) is 0 Å². The number of carboxylic acid groups (broad SMARTS) is 1. The molecule has 19 heavy (non-hydrogen) atoms. The summed E-state index contributed by atoms with van der Waals surface area (Å²) in [5.41, 5.74) is -0.796. The molecule has 0 saturated heterocycles. The zero-order valence-corrected chi connectivity index (χ0v) is 12.7. The lowest BCUT2D eigenvalue weighted by molar-refractivity contribution is -0.163. The van der Waals surface area contributed by atoms with Crippen molar-refractivity contribution in [2.24, 2.45) is 5.41 Å². The lowest BCUT2D eigenvalue weighted by atomic mass is 9.73. The van der Waals surface area contributed by atoms with E-state index in [9.17, 15) is 9.59 Å². The number of aliphatic carboxylic acids is 1. The highest BCUT2D eigenvalue weighted by molar-refractivity contribution is 5.90. The van der Waals surface area contributed by atoms with Gasteiger partial charge in [-0.3, -0.25) is 0 Å². The molecule has 0 rings (SSSR count). The second-order valence-corrected chi connectivity index (χ2v) is 5.94. The van der Waals surface area contributed by atoms with E-state index in [0.29, 0.717) is 0 Å². The Kier molecular flexibility index (Phi) is 6.81. The van der Waals surface area contributed by atoms with Crippen LogP contribution >= 0.6 is 0 Å². The molecule has 0 spiro atoms. The van der Waals surface area contributed by atoms with Gasteiger partial charge in [-0.05, 0) is 20.3 Å². The van der Waals surface area contributed by atoms with Crippen LogP contribution in [0.3, 0.4) is 0 Å². The number of hydrogen-bond acceptors (Lipinski definition) is 3. The maximum absolute atomic E-state index is 11.6. The molecule has 0 unspecified atom stereocenters. The molecule has 0 aliphatic rings. The molecule has 0 heterocycles. The van der Waals surface area contributed by atoms with Crippen molar-refractivity contribution in [1.82, 2.24) is 0 Å². The predicted octanol–water partition coefficient (Wildman–Crippen LogP) is 3.56. The van der Waals surface area contributed by atoms with Gasteiger partial charge in [-0.1, -0.05) is 40.0 Å². The number of esters is 1. The Hall–Kier alpha value is -1.32. The normalized spacial score (nSPS) is 12.7. The van der Waals surface area contributed by atoms with Gasteiger partial charge in [-0.15, -0.1) is 0 Å². The Morgan fingerprint density at radius 2 is 1.68 bits per heavy atom. The van der Waals surface area contributed by atoms with Crippen LogP contribution in [-0.2, 0) is 14.3 Å². The van der Waals surface area contributed by atoms with Crippen LogP contribution in [0.5, 0.6) is 0 Å². The highest BCUT2D eigenvalue weighted by Gasteiger charge is 2.39. The molecule has 4 heteroatoms. The molecule has 0 aromatic heterocycles. The molecule has 0 amide bonds. The van der Waals surface area contributed by atoms with E-state index in [1.165, 1.54) is 0 Å². The molecule has 0 atom stereocenters. The van der Waals surface area contributed by atoms with Crippen molar-refractivity contribution >= 4 is 11.9 Å². The number of carboxylic acids is 1. The Morgan fingerprint density at radius 1 is 1.11 bits per heavy atom. The summed E-state index contributed by atoms with van der Waals surface area (Å²) >= 11 is 0. The summed E-state index contributed by atoms with van der Waals surface area (Å²) in [5, 5.41) is 8.47. The average molecular weight is 270 g/mol. The highest BCUT2D eigenvalue weighted by Crippen LogP contribution is 2.38. The molecule has 1 N–H and O–H groups in total. The molecule has 4 nitrogen and oxygen atoms in total. The van der Waals surface area contributed by atoms with Gasteiger partial charge in [0.05, 0.1) is 0 Å². The lowest BCUT2D eigenvalue weighted by Crippen LogP contribution is -2.43. The van der Waals surface area contributed by atoms with Crippen LogP contribution in [0, 0.1) is 5.41 Å². The minimum atomic E-state index is -1.16. The first kappa shape index (κ1) is 17.7. The number of ether oxygens (including phenoxy) is 1. The van der Waals surface area contributed by atoms with Crippen LogP contribution < -0.4 is 0 Å². The van der Waals surface area contributed by atoms with E-state index in [-0.39, 0.29) is 5.41 Å². The van der Waals surface area contributed by atoms with E-state index >= 15 is 0 Å². The summed E-state index contributed by atoms with van der Waals surface area (Å²) in [6.45, 7) is 10.0. The molecule has 110 valence electrons. The van der Waals surface area contributed by atoms with Crippen LogP contribution in [0.1, 0.15) is 60.3 Å². The van der Waals surface area contributed by atoms with Crippen molar-refractivity contribution in [2.45, 2.75) is 65.9 Å². The largest absolute Gasteiger partial charge is 0.478 e. The molecule has 0 fully saturated rings. The van der Waals surface area contributed by atoms with Crippen molar-refractivity contribution in [3.63, 3.8) is 0 Å². The Bertz CT molecular complexity index is 340. The first-order valence-corrected chi connectivity index (χ1v) is 6.76. The fraction of sp³-hybridized carbons (Fsp3) is 0.733. The predicted molar refractivity (Wildman–Crippen MR) is 74.9 cm³/mol. The van der Waals surface area contributed by atoms with Gasteiger partial charge in [-0.25, -0.2) is 9.59 Å². The van der Waals surface area contributed by atoms with Crippen LogP contribution in [0.15, 0.2) is 12.2 Å².